The number of aromatic nitrogens is 2. The van der Waals surface area contributed by atoms with Gasteiger partial charge in [-0.25, -0.2) is 4.39 Å². The van der Waals surface area contributed by atoms with Crippen molar-refractivity contribution in [1.29, 1.82) is 0 Å². The van der Waals surface area contributed by atoms with E-state index in [0.717, 1.165) is 53.3 Å². The summed E-state index contributed by atoms with van der Waals surface area (Å²) in [7, 11) is 0. The second-order valence-electron chi connectivity index (χ2n) is 13.0. The first-order chi connectivity index (χ1) is 22.1. The van der Waals surface area contributed by atoms with Crippen LogP contribution < -0.4 is 16.0 Å². The molecule has 1 saturated carbocycles. The summed E-state index contributed by atoms with van der Waals surface area (Å²) in [4.78, 5) is 28.9. The lowest BCUT2D eigenvalue weighted by Gasteiger charge is -2.27. The number of nitrogens with zero attached hydrogens (tertiary/aromatic N) is 2. The summed E-state index contributed by atoms with van der Waals surface area (Å²) >= 11 is 6.64. The largest absolute Gasteiger partial charge is 0.341 e. The second-order valence-corrected chi connectivity index (χ2v) is 13.4. The Bertz CT molecular complexity index is 1750. The number of piperazine rings is 1. The Labute approximate surface area is 273 Å². The Morgan fingerprint density at radius 1 is 1.04 bits per heavy atom. The quantitative estimate of drug-likeness (QED) is 0.177. The molecule has 2 bridgehead atoms. The standard InChI is InChI=1S/C36H38ClFN6O2/c1-21-33(22(2)43-42-21)25-7-10-28(11-8-25)40-34(45)32(41-35(46)36(38)13-14-36)16-27-15-26(9-12-31(27)37)24-5-3-23(4-6-24)19-44-20-29-17-30(44)18-39-29/h3-12,15,29-30,32,39H,13-14,16-20H2,1-2H3,(H,40,45)(H,41,46)(H,42,43)/t29-,30-,32-/m0/s1. The van der Waals surface area contributed by atoms with Crippen molar-refractivity contribution in [3.05, 3.63) is 94.3 Å². The van der Waals surface area contributed by atoms with Crippen LogP contribution in [0.2, 0.25) is 5.02 Å². The van der Waals surface area contributed by atoms with Gasteiger partial charge in [0.2, 0.25) is 5.91 Å². The predicted octanol–water partition coefficient (Wildman–Crippen LogP) is 5.73. The third-order valence-electron chi connectivity index (χ3n) is 9.60. The van der Waals surface area contributed by atoms with Crippen molar-refractivity contribution >= 4 is 29.1 Å². The molecular formula is C36H38ClFN6O2. The number of carbonyl (C=O) groups is 2. The molecule has 2 aliphatic heterocycles. The molecule has 10 heteroatoms. The molecule has 4 aromatic rings. The van der Waals surface area contributed by atoms with Crippen LogP contribution in [0.1, 0.15) is 41.8 Å². The number of likely N-dealkylation sites (tertiary alicyclic amines) is 1. The fourth-order valence-electron chi connectivity index (χ4n) is 6.77. The van der Waals surface area contributed by atoms with Crippen molar-refractivity contribution in [2.75, 3.05) is 18.4 Å². The number of aryl methyl sites for hydroxylation is 2. The molecule has 46 heavy (non-hydrogen) atoms. The number of carbonyl (C=O) groups excluding carboxylic acids is 2. The van der Waals surface area contributed by atoms with Crippen molar-refractivity contribution in [1.82, 2.24) is 25.7 Å². The molecule has 3 fully saturated rings. The highest BCUT2D eigenvalue weighted by molar-refractivity contribution is 6.31. The second kappa shape index (κ2) is 12.3. The Morgan fingerprint density at radius 2 is 1.76 bits per heavy atom. The maximum absolute atomic E-state index is 14.7. The van der Waals surface area contributed by atoms with Crippen molar-refractivity contribution in [2.45, 2.75) is 69.9 Å². The SMILES string of the molecule is Cc1n[nH]c(C)c1-c1ccc(NC(=O)[C@H](Cc2cc(-c3ccc(CN4C[C@@H]5C[C@H]4CN5)cc3)ccc2Cl)NC(=O)C2(F)CC2)cc1. The topological polar surface area (TPSA) is 102 Å². The number of H-pyrrole nitrogens is 1. The number of hydrogen-bond acceptors (Lipinski definition) is 5. The van der Waals surface area contributed by atoms with Gasteiger partial charge < -0.3 is 16.0 Å². The van der Waals surface area contributed by atoms with E-state index in [0.29, 0.717) is 28.4 Å². The van der Waals surface area contributed by atoms with E-state index >= 15 is 0 Å². The molecule has 1 aliphatic carbocycles. The molecule has 1 aromatic heterocycles. The number of hydrogen-bond donors (Lipinski definition) is 4. The monoisotopic (exact) mass is 640 g/mol. The number of halogens is 2. The van der Waals surface area contributed by atoms with Crippen molar-refractivity contribution in [3.8, 4) is 22.3 Å². The average Bonchev–Trinajstić information content (AvgIpc) is 3.32. The predicted molar refractivity (Wildman–Crippen MR) is 178 cm³/mol. The lowest BCUT2D eigenvalue weighted by atomic mass is 9.98. The number of rotatable bonds is 10. The fraction of sp³-hybridized carbons (Fsp3) is 0.361. The summed E-state index contributed by atoms with van der Waals surface area (Å²) < 4.78 is 14.7. The normalized spacial score (nSPS) is 20.4. The lowest BCUT2D eigenvalue weighted by molar-refractivity contribution is -0.131. The number of alkyl halides is 1. The van der Waals surface area contributed by atoms with Gasteiger partial charge in [-0.15, -0.1) is 0 Å². The van der Waals surface area contributed by atoms with Crippen LogP contribution in [0.4, 0.5) is 10.1 Å². The Morgan fingerprint density at radius 3 is 2.39 bits per heavy atom. The molecule has 3 heterocycles. The minimum Gasteiger partial charge on any atom is -0.341 e. The van der Waals surface area contributed by atoms with Crippen LogP contribution >= 0.6 is 11.6 Å². The number of anilines is 1. The highest BCUT2D eigenvalue weighted by Crippen LogP contribution is 2.40. The maximum atomic E-state index is 14.7. The first-order valence-corrected chi connectivity index (χ1v) is 16.3. The van der Waals surface area contributed by atoms with Crippen molar-refractivity contribution in [2.24, 2.45) is 0 Å². The average molecular weight is 641 g/mol. The van der Waals surface area contributed by atoms with E-state index in [-0.39, 0.29) is 19.3 Å². The van der Waals surface area contributed by atoms with Crippen LogP contribution in [0.5, 0.6) is 0 Å². The number of benzene rings is 3. The molecule has 2 saturated heterocycles. The number of nitrogens with one attached hydrogen (secondary N) is 4. The van der Waals surface area contributed by atoms with Crippen molar-refractivity contribution < 1.29 is 14.0 Å². The summed E-state index contributed by atoms with van der Waals surface area (Å²) in [6, 6.07) is 21.9. The minimum atomic E-state index is -1.92. The number of amides is 2. The molecule has 238 valence electrons. The van der Waals surface area contributed by atoms with Gasteiger partial charge in [-0.3, -0.25) is 19.6 Å². The molecule has 7 rings (SSSR count). The van der Waals surface area contributed by atoms with Gasteiger partial charge >= 0.3 is 0 Å². The molecule has 0 spiro atoms. The summed E-state index contributed by atoms with van der Waals surface area (Å²) in [5, 5.41) is 16.8. The molecule has 2 amide bonds. The first kappa shape index (κ1) is 30.6. The number of aromatic amines is 1. The summed E-state index contributed by atoms with van der Waals surface area (Å²) in [5.74, 6) is -1.21. The van der Waals surface area contributed by atoms with Gasteiger partial charge in [-0.05, 0) is 85.2 Å². The zero-order valence-electron chi connectivity index (χ0n) is 26.0. The van der Waals surface area contributed by atoms with Crippen LogP contribution in [0.15, 0.2) is 66.7 Å². The van der Waals surface area contributed by atoms with E-state index in [9.17, 15) is 14.0 Å². The van der Waals surface area contributed by atoms with E-state index in [1.165, 1.54) is 12.0 Å². The van der Waals surface area contributed by atoms with Crippen LogP contribution in [0.3, 0.4) is 0 Å². The molecular weight excluding hydrogens is 603 g/mol. The molecule has 0 radical (unpaired) electrons. The lowest BCUT2D eigenvalue weighted by Crippen LogP contribution is -2.48. The van der Waals surface area contributed by atoms with Crippen LogP contribution in [0, 0.1) is 13.8 Å². The van der Waals surface area contributed by atoms with E-state index in [1.54, 1.807) is 18.2 Å². The molecule has 4 N–H and O–H groups in total. The highest BCUT2D eigenvalue weighted by atomic mass is 35.5. The molecule has 3 atom stereocenters. The number of fused-ring (bicyclic) bond motifs is 2. The third kappa shape index (κ3) is 6.32. The van der Waals surface area contributed by atoms with Gasteiger partial charge in [0.05, 0.1) is 5.69 Å². The first-order valence-electron chi connectivity index (χ1n) is 15.9. The zero-order chi connectivity index (χ0) is 32.0. The van der Waals surface area contributed by atoms with E-state index in [1.807, 2.05) is 38.1 Å². The summed E-state index contributed by atoms with van der Waals surface area (Å²) in [5.41, 5.74) is 6.41. The van der Waals surface area contributed by atoms with Gasteiger partial charge in [-0.1, -0.05) is 54.1 Å². The molecule has 0 unspecified atom stereocenters. The highest BCUT2D eigenvalue weighted by Gasteiger charge is 2.51. The maximum Gasteiger partial charge on any atom is 0.258 e. The smallest absolute Gasteiger partial charge is 0.258 e. The molecule has 3 aliphatic rings. The minimum absolute atomic E-state index is 0.107. The Hall–Kier alpha value is -4.05. The van der Waals surface area contributed by atoms with Crippen LogP contribution in [-0.4, -0.2) is 63.8 Å². The fourth-order valence-corrected chi connectivity index (χ4v) is 6.96. The van der Waals surface area contributed by atoms with Gasteiger partial charge in [0.1, 0.15) is 6.04 Å². The zero-order valence-corrected chi connectivity index (χ0v) is 26.8. The van der Waals surface area contributed by atoms with E-state index in [4.69, 9.17) is 11.6 Å². The summed E-state index contributed by atoms with van der Waals surface area (Å²) in [6.45, 7) is 7.00. The Kier molecular flexibility index (Phi) is 8.17. The van der Waals surface area contributed by atoms with E-state index in [2.05, 4.69) is 55.3 Å². The molecule has 8 nitrogen and oxygen atoms in total. The van der Waals surface area contributed by atoms with Gasteiger partial charge in [0, 0.05) is 60.1 Å². The van der Waals surface area contributed by atoms with Crippen molar-refractivity contribution in [3.63, 3.8) is 0 Å². The van der Waals surface area contributed by atoms with Crippen LogP contribution in [0.25, 0.3) is 22.3 Å². The summed E-state index contributed by atoms with van der Waals surface area (Å²) in [6.07, 6.45) is 1.65. The Balaban J connectivity index is 1.07. The van der Waals surface area contributed by atoms with Crippen LogP contribution in [-0.2, 0) is 22.6 Å². The van der Waals surface area contributed by atoms with Gasteiger partial charge in [0.25, 0.3) is 5.91 Å². The van der Waals surface area contributed by atoms with E-state index < -0.39 is 23.5 Å². The molecule has 3 aromatic carbocycles. The third-order valence-corrected chi connectivity index (χ3v) is 9.97. The van der Waals surface area contributed by atoms with Gasteiger partial charge in [-0.2, -0.15) is 5.10 Å². The van der Waals surface area contributed by atoms with Gasteiger partial charge in [0.15, 0.2) is 5.67 Å².